The molecule has 0 aliphatic carbocycles. The Morgan fingerprint density at radius 2 is 2.00 bits per heavy atom. The summed E-state index contributed by atoms with van der Waals surface area (Å²) in [5.41, 5.74) is 1.82. The minimum atomic E-state index is -0.652. The Morgan fingerprint density at radius 1 is 1.20 bits per heavy atom. The number of likely N-dealkylation sites (tertiary alicyclic amines) is 1. The molecule has 0 radical (unpaired) electrons. The van der Waals surface area contributed by atoms with E-state index in [2.05, 4.69) is 28.3 Å². The van der Waals surface area contributed by atoms with Crippen LogP contribution in [-0.2, 0) is 17.8 Å². The largest absolute Gasteiger partial charge is 0.327 e. The average Bonchev–Trinajstić information content (AvgIpc) is 3.24. The zero-order valence-electron chi connectivity index (χ0n) is 17.8. The zero-order valence-corrected chi connectivity index (χ0v) is 18.7. The number of hydrogen-bond donors (Lipinski definition) is 0. The maximum atomic E-state index is 13.4. The first-order chi connectivity index (χ1) is 14.5. The van der Waals surface area contributed by atoms with Crippen LogP contribution in [0.3, 0.4) is 0 Å². The molecule has 2 fully saturated rings. The Balaban J connectivity index is 1.39. The van der Waals surface area contributed by atoms with E-state index in [-0.39, 0.29) is 11.9 Å². The lowest BCUT2D eigenvalue weighted by Gasteiger charge is -2.41. The highest BCUT2D eigenvalue weighted by molar-refractivity contribution is 7.10. The summed E-state index contributed by atoms with van der Waals surface area (Å²) in [6.07, 6.45) is 6.62. The van der Waals surface area contributed by atoms with E-state index in [1.165, 1.54) is 15.3 Å². The van der Waals surface area contributed by atoms with E-state index in [4.69, 9.17) is 0 Å². The Bertz CT molecular complexity index is 890. The van der Waals surface area contributed by atoms with Crippen molar-refractivity contribution in [3.05, 3.63) is 52.0 Å². The lowest BCUT2D eigenvalue weighted by Crippen LogP contribution is -2.56. The Kier molecular flexibility index (Phi) is 6.20. The Morgan fingerprint density at radius 3 is 2.63 bits per heavy atom. The van der Waals surface area contributed by atoms with Crippen LogP contribution in [-0.4, -0.2) is 63.3 Å². The molecule has 1 spiro atoms. The van der Waals surface area contributed by atoms with Gasteiger partial charge in [0.1, 0.15) is 5.54 Å². The smallest absolute Gasteiger partial charge is 0.310 e. The van der Waals surface area contributed by atoms with Crippen LogP contribution >= 0.6 is 11.3 Å². The third-order valence-corrected chi connectivity index (χ3v) is 7.53. The highest BCUT2D eigenvalue weighted by Gasteiger charge is 2.57. The molecule has 4 rings (SSSR count). The van der Waals surface area contributed by atoms with E-state index in [9.17, 15) is 9.59 Å². The van der Waals surface area contributed by atoms with E-state index >= 15 is 0 Å². The molecule has 0 bridgehead atoms. The molecule has 2 saturated heterocycles. The van der Waals surface area contributed by atoms with Gasteiger partial charge < -0.3 is 4.90 Å². The zero-order chi connectivity index (χ0) is 21.1. The summed E-state index contributed by atoms with van der Waals surface area (Å²) in [6.45, 7) is 7.80. The molecule has 0 N–H and O–H groups in total. The van der Waals surface area contributed by atoms with Gasteiger partial charge in [-0.3, -0.25) is 19.6 Å². The van der Waals surface area contributed by atoms with Crippen molar-refractivity contribution in [2.75, 3.05) is 26.2 Å². The van der Waals surface area contributed by atoms with Crippen LogP contribution in [0.25, 0.3) is 0 Å². The van der Waals surface area contributed by atoms with Crippen molar-refractivity contribution in [3.63, 3.8) is 0 Å². The van der Waals surface area contributed by atoms with Crippen molar-refractivity contribution in [1.29, 1.82) is 0 Å². The van der Waals surface area contributed by atoms with Gasteiger partial charge in [-0.15, -0.1) is 11.3 Å². The second kappa shape index (κ2) is 8.86. The van der Waals surface area contributed by atoms with Crippen LogP contribution < -0.4 is 0 Å². The minimum absolute atomic E-state index is 0.00694. The van der Waals surface area contributed by atoms with E-state index < -0.39 is 5.54 Å². The summed E-state index contributed by atoms with van der Waals surface area (Å²) in [5, 5.41) is 2.14. The molecule has 2 aliphatic rings. The van der Waals surface area contributed by atoms with Crippen molar-refractivity contribution in [2.45, 2.75) is 51.6 Å². The second-order valence-electron chi connectivity index (χ2n) is 8.28. The van der Waals surface area contributed by atoms with Crippen molar-refractivity contribution >= 4 is 23.3 Å². The van der Waals surface area contributed by atoms with Crippen LogP contribution in [0.5, 0.6) is 0 Å². The molecule has 4 heterocycles. The number of imide groups is 1. The normalized spacial score (nSPS) is 19.3. The summed E-state index contributed by atoms with van der Waals surface area (Å²) in [5.74, 6) is 0.00694. The van der Waals surface area contributed by atoms with Crippen LogP contribution in [0.1, 0.15) is 42.2 Å². The number of amides is 3. The van der Waals surface area contributed by atoms with Crippen molar-refractivity contribution < 1.29 is 9.59 Å². The number of urea groups is 1. The van der Waals surface area contributed by atoms with Gasteiger partial charge in [-0.2, -0.15) is 0 Å². The molecule has 160 valence electrons. The van der Waals surface area contributed by atoms with E-state index in [1.807, 2.05) is 30.2 Å². The molecule has 2 aromatic heterocycles. The number of rotatable bonds is 7. The van der Waals surface area contributed by atoms with Gasteiger partial charge in [0.2, 0.25) is 0 Å². The fourth-order valence-corrected chi connectivity index (χ4v) is 5.69. The minimum Gasteiger partial charge on any atom is -0.310 e. The molecular weight excluding hydrogens is 396 g/mol. The van der Waals surface area contributed by atoms with E-state index in [0.717, 1.165) is 50.9 Å². The lowest BCUT2D eigenvalue weighted by molar-refractivity contribution is -0.135. The monoisotopic (exact) mass is 426 g/mol. The number of likely N-dealkylation sites (N-methyl/N-ethyl adjacent to an activating group) is 1. The number of aryl methyl sites for hydroxylation is 2. The van der Waals surface area contributed by atoms with E-state index in [0.29, 0.717) is 13.1 Å². The number of piperidine rings is 1. The first-order valence-electron chi connectivity index (χ1n) is 10.8. The highest BCUT2D eigenvalue weighted by atomic mass is 32.1. The summed E-state index contributed by atoms with van der Waals surface area (Å²) >= 11 is 1.79. The molecular formula is C23H30N4O2S. The summed E-state index contributed by atoms with van der Waals surface area (Å²) < 4.78 is 0. The molecule has 7 heteroatoms. The van der Waals surface area contributed by atoms with Gasteiger partial charge in [0.15, 0.2) is 0 Å². The molecule has 0 aromatic carbocycles. The number of hydrogen-bond acceptors (Lipinski definition) is 5. The topological polar surface area (TPSA) is 56.8 Å². The van der Waals surface area contributed by atoms with Crippen LogP contribution in [0.2, 0.25) is 0 Å². The average molecular weight is 427 g/mol. The standard InChI is InChI=1S/C23H30N4O2S/c1-3-27-22(29)26(12-5-7-19-6-4-11-24-16-19)21(28)23(27)9-13-25(14-10-23)17-20-18(2)8-15-30-20/h4,6,8,11,15-16H,3,5,7,9-10,12-14,17H2,1-2H3. The predicted octanol–water partition coefficient (Wildman–Crippen LogP) is 3.70. The number of thiophene rings is 1. The molecule has 3 amide bonds. The van der Waals surface area contributed by atoms with Gasteiger partial charge >= 0.3 is 6.03 Å². The second-order valence-corrected chi connectivity index (χ2v) is 9.28. The highest BCUT2D eigenvalue weighted by Crippen LogP contribution is 2.37. The first kappa shape index (κ1) is 21.0. The van der Waals surface area contributed by atoms with Crippen LogP contribution in [0.4, 0.5) is 4.79 Å². The van der Waals surface area contributed by atoms with Crippen LogP contribution in [0, 0.1) is 6.92 Å². The molecule has 0 saturated carbocycles. The summed E-state index contributed by atoms with van der Waals surface area (Å²) in [4.78, 5) is 37.7. The maximum Gasteiger partial charge on any atom is 0.327 e. The Labute approximate surface area is 182 Å². The molecule has 2 aromatic rings. The molecule has 30 heavy (non-hydrogen) atoms. The molecule has 0 unspecified atom stereocenters. The molecule has 0 atom stereocenters. The third-order valence-electron chi connectivity index (χ3n) is 6.53. The first-order valence-corrected chi connectivity index (χ1v) is 11.7. The van der Waals surface area contributed by atoms with Crippen molar-refractivity contribution in [2.24, 2.45) is 0 Å². The summed E-state index contributed by atoms with van der Waals surface area (Å²) in [7, 11) is 0. The number of aromatic nitrogens is 1. The third kappa shape index (κ3) is 3.88. The van der Waals surface area contributed by atoms with Crippen molar-refractivity contribution in [1.82, 2.24) is 19.7 Å². The van der Waals surface area contributed by atoms with Gasteiger partial charge in [-0.25, -0.2) is 4.79 Å². The molecule has 6 nitrogen and oxygen atoms in total. The predicted molar refractivity (Wildman–Crippen MR) is 118 cm³/mol. The number of nitrogens with zero attached hydrogens (tertiary/aromatic N) is 4. The number of carbonyl (C=O) groups excluding carboxylic acids is 2. The van der Waals surface area contributed by atoms with Gasteiger partial charge in [0, 0.05) is 50.0 Å². The van der Waals surface area contributed by atoms with E-state index in [1.54, 1.807) is 17.5 Å². The maximum absolute atomic E-state index is 13.4. The van der Waals surface area contributed by atoms with Crippen molar-refractivity contribution in [3.8, 4) is 0 Å². The Hall–Kier alpha value is -2.25. The van der Waals surface area contributed by atoms with Gasteiger partial charge in [0.05, 0.1) is 0 Å². The van der Waals surface area contributed by atoms with Gasteiger partial charge in [-0.05, 0) is 68.2 Å². The van der Waals surface area contributed by atoms with Gasteiger partial charge in [0.25, 0.3) is 5.91 Å². The lowest BCUT2D eigenvalue weighted by atomic mass is 9.85. The van der Waals surface area contributed by atoms with Crippen LogP contribution in [0.15, 0.2) is 36.0 Å². The fraction of sp³-hybridized carbons (Fsp3) is 0.522. The quantitative estimate of drug-likeness (QED) is 0.634. The SMILES string of the molecule is CCN1C(=O)N(CCCc2cccnc2)C(=O)C12CCN(Cc1sccc1C)CC2. The summed E-state index contributed by atoms with van der Waals surface area (Å²) in [6, 6.07) is 6.00. The molecule has 2 aliphatic heterocycles. The van der Waals surface area contributed by atoms with Gasteiger partial charge in [-0.1, -0.05) is 6.07 Å². The number of carbonyl (C=O) groups is 2. The number of pyridine rings is 1. The fourth-order valence-electron chi connectivity index (χ4n) is 4.74.